The van der Waals surface area contributed by atoms with E-state index in [4.69, 9.17) is 9.15 Å². The largest absolute Gasteiger partial charge is 0.454 e. The van der Waals surface area contributed by atoms with Gasteiger partial charge in [-0.05, 0) is 12.1 Å². The van der Waals surface area contributed by atoms with Crippen molar-refractivity contribution in [1.29, 1.82) is 0 Å². The number of alkyl halides is 2. The molecule has 2 fully saturated rings. The number of ether oxygens (including phenoxy) is 1. The molecule has 2 aliphatic rings. The second kappa shape index (κ2) is 7.35. The fourth-order valence-electron chi connectivity index (χ4n) is 3.57. The van der Waals surface area contributed by atoms with Crippen LogP contribution in [0.3, 0.4) is 0 Å². The molecule has 0 unspecified atom stereocenters. The lowest BCUT2D eigenvalue weighted by Crippen LogP contribution is -2.46. The van der Waals surface area contributed by atoms with Crippen LogP contribution in [0.15, 0.2) is 29.2 Å². The Kier molecular flexibility index (Phi) is 4.92. The number of rotatable bonds is 5. The van der Waals surface area contributed by atoms with E-state index in [0.29, 0.717) is 45.2 Å². The molecule has 0 saturated carbocycles. The molecule has 146 valence electrons. The number of nitrogens with zero attached hydrogens (tertiary/aromatic N) is 5. The summed E-state index contributed by atoms with van der Waals surface area (Å²) in [5.41, 5.74) is 0. The summed E-state index contributed by atoms with van der Waals surface area (Å²) in [5, 5.41) is 3.97. The first-order valence-corrected chi connectivity index (χ1v) is 8.90. The van der Waals surface area contributed by atoms with Gasteiger partial charge in [-0.2, -0.15) is 5.10 Å². The van der Waals surface area contributed by atoms with E-state index in [2.05, 4.69) is 15.0 Å². The summed E-state index contributed by atoms with van der Waals surface area (Å²) in [7, 11) is 0. The second-order valence-electron chi connectivity index (χ2n) is 6.92. The van der Waals surface area contributed by atoms with E-state index in [1.54, 1.807) is 10.7 Å². The summed E-state index contributed by atoms with van der Waals surface area (Å²) < 4.78 is 40.5. The highest BCUT2D eigenvalue weighted by atomic mass is 19.3. The molecule has 4 rings (SSSR count). The number of likely N-dealkylation sites (tertiary alicyclic amines) is 1. The van der Waals surface area contributed by atoms with Gasteiger partial charge in [-0.3, -0.25) is 9.69 Å². The van der Waals surface area contributed by atoms with E-state index in [0.717, 1.165) is 0 Å². The zero-order valence-corrected chi connectivity index (χ0v) is 14.8. The first-order chi connectivity index (χ1) is 13.0. The third-order valence-corrected chi connectivity index (χ3v) is 4.87. The van der Waals surface area contributed by atoms with E-state index in [1.165, 1.54) is 23.6 Å². The van der Waals surface area contributed by atoms with Crippen LogP contribution in [0.5, 0.6) is 0 Å². The second-order valence-corrected chi connectivity index (χ2v) is 6.92. The lowest BCUT2D eigenvalue weighted by Gasteiger charge is -2.32. The van der Waals surface area contributed by atoms with Crippen LogP contribution in [-0.2, 0) is 11.3 Å². The van der Waals surface area contributed by atoms with Crippen molar-refractivity contribution in [3.05, 3.63) is 36.3 Å². The molecule has 4 heterocycles. The van der Waals surface area contributed by atoms with Gasteiger partial charge in [-0.15, -0.1) is 0 Å². The number of aromatic nitrogens is 3. The minimum atomic E-state index is -2.89. The summed E-state index contributed by atoms with van der Waals surface area (Å²) in [6, 6.07) is 2.63. The Labute approximate surface area is 154 Å². The number of halogens is 2. The number of hydrogen-bond acceptors (Lipinski definition) is 6. The van der Waals surface area contributed by atoms with E-state index >= 15 is 0 Å². The minimum absolute atomic E-state index is 0.0646. The molecule has 10 heteroatoms. The van der Waals surface area contributed by atoms with Crippen molar-refractivity contribution in [3.8, 4) is 0 Å². The highest BCUT2D eigenvalue weighted by molar-refractivity contribution is 5.92. The Morgan fingerprint density at radius 3 is 2.85 bits per heavy atom. The molecule has 0 aromatic carbocycles. The van der Waals surface area contributed by atoms with Crippen LogP contribution in [0, 0.1) is 0 Å². The molecule has 0 N–H and O–H groups in total. The minimum Gasteiger partial charge on any atom is -0.454 e. The maximum absolute atomic E-state index is 14.0. The van der Waals surface area contributed by atoms with Gasteiger partial charge in [-0.1, -0.05) is 0 Å². The molecule has 2 aliphatic heterocycles. The number of amides is 1. The fraction of sp³-hybridized carbons (Fsp3) is 0.588. The zero-order valence-electron chi connectivity index (χ0n) is 14.8. The summed E-state index contributed by atoms with van der Waals surface area (Å²) in [4.78, 5) is 20.0. The van der Waals surface area contributed by atoms with Gasteiger partial charge in [0.25, 0.3) is 11.8 Å². The molecule has 0 spiro atoms. The van der Waals surface area contributed by atoms with Crippen molar-refractivity contribution < 1.29 is 22.7 Å². The van der Waals surface area contributed by atoms with Gasteiger partial charge in [0.15, 0.2) is 5.76 Å². The predicted octanol–water partition coefficient (Wildman–Crippen LogP) is 1.10. The molecule has 1 atom stereocenters. The van der Waals surface area contributed by atoms with Crippen molar-refractivity contribution in [2.75, 3.05) is 39.4 Å². The third-order valence-electron chi connectivity index (χ3n) is 4.87. The highest BCUT2D eigenvalue weighted by Crippen LogP contribution is 2.33. The van der Waals surface area contributed by atoms with E-state index in [-0.39, 0.29) is 12.2 Å². The van der Waals surface area contributed by atoms with Crippen LogP contribution in [0.4, 0.5) is 8.78 Å². The maximum Gasteiger partial charge on any atom is 0.290 e. The Morgan fingerprint density at radius 1 is 1.30 bits per heavy atom. The highest BCUT2D eigenvalue weighted by Gasteiger charge is 2.48. The topological polar surface area (TPSA) is 76.6 Å². The van der Waals surface area contributed by atoms with E-state index in [9.17, 15) is 13.6 Å². The Morgan fingerprint density at radius 2 is 2.11 bits per heavy atom. The van der Waals surface area contributed by atoms with Gasteiger partial charge >= 0.3 is 0 Å². The smallest absolute Gasteiger partial charge is 0.290 e. The van der Waals surface area contributed by atoms with Gasteiger partial charge in [0.1, 0.15) is 25.0 Å². The number of hydrogen-bond donors (Lipinski definition) is 0. The molecule has 2 saturated heterocycles. The summed E-state index contributed by atoms with van der Waals surface area (Å²) >= 11 is 0. The van der Waals surface area contributed by atoms with Crippen LogP contribution in [0.2, 0.25) is 0 Å². The van der Waals surface area contributed by atoms with Crippen LogP contribution in [-0.4, -0.2) is 81.8 Å². The molecular formula is C17H21F2N5O3. The quantitative estimate of drug-likeness (QED) is 0.772. The molecule has 2 aromatic rings. The SMILES string of the molecule is O=C(c1ccc(Cn2cncn2)o1)N1CC(F)(F)C[C@H]1CN1CCOCC1. The molecular weight excluding hydrogens is 360 g/mol. The molecule has 0 radical (unpaired) electrons. The number of carbonyl (C=O) groups is 1. The van der Waals surface area contributed by atoms with Crippen LogP contribution in [0.25, 0.3) is 0 Å². The van der Waals surface area contributed by atoms with Crippen LogP contribution >= 0.6 is 0 Å². The predicted molar refractivity (Wildman–Crippen MR) is 89.5 cm³/mol. The monoisotopic (exact) mass is 381 g/mol. The van der Waals surface area contributed by atoms with Crippen molar-refractivity contribution in [2.24, 2.45) is 0 Å². The number of morpholine rings is 1. The molecule has 1 amide bonds. The Hall–Kier alpha value is -2.33. The first-order valence-electron chi connectivity index (χ1n) is 8.90. The molecule has 0 aliphatic carbocycles. The van der Waals surface area contributed by atoms with Crippen molar-refractivity contribution >= 4 is 5.91 Å². The summed E-state index contributed by atoms with van der Waals surface area (Å²) in [5.74, 6) is -2.81. The maximum atomic E-state index is 14.0. The Balaban J connectivity index is 1.46. The lowest BCUT2D eigenvalue weighted by molar-refractivity contribution is 0.0107. The van der Waals surface area contributed by atoms with Gasteiger partial charge in [0.05, 0.1) is 25.8 Å². The molecule has 2 aromatic heterocycles. The van der Waals surface area contributed by atoms with Gasteiger partial charge in [0.2, 0.25) is 0 Å². The lowest BCUT2D eigenvalue weighted by atomic mass is 10.1. The first kappa shape index (κ1) is 18.1. The van der Waals surface area contributed by atoms with E-state index < -0.39 is 24.4 Å². The zero-order chi connectivity index (χ0) is 18.9. The Bertz CT molecular complexity index is 773. The van der Waals surface area contributed by atoms with Crippen molar-refractivity contribution in [2.45, 2.75) is 24.9 Å². The van der Waals surface area contributed by atoms with Crippen LogP contribution < -0.4 is 0 Å². The van der Waals surface area contributed by atoms with Gasteiger partial charge < -0.3 is 14.1 Å². The molecule has 27 heavy (non-hydrogen) atoms. The summed E-state index contributed by atoms with van der Waals surface area (Å²) in [6.07, 6.45) is 2.60. The van der Waals surface area contributed by atoms with E-state index in [1.807, 2.05) is 0 Å². The van der Waals surface area contributed by atoms with Crippen molar-refractivity contribution in [3.63, 3.8) is 0 Å². The van der Waals surface area contributed by atoms with Gasteiger partial charge in [0, 0.05) is 26.1 Å². The average Bonchev–Trinajstić information content (AvgIpc) is 3.37. The van der Waals surface area contributed by atoms with Crippen LogP contribution in [0.1, 0.15) is 22.7 Å². The fourth-order valence-corrected chi connectivity index (χ4v) is 3.57. The average molecular weight is 381 g/mol. The third kappa shape index (κ3) is 4.16. The normalized spacial score (nSPS) is 23.0. The molecule has 0 bridgehead atoms. The van der Waals surface area contributed by atoms with Crippen molar-refractivity contribution in [1.82, 2.24) is 24.6 Å². The number of furan rings is 1. The summed E-state index contributed by atoms with van der Waals surface area (Å²) in [6.45, 7) is 2.69. The van der Waals surface area contributed by atoms with Gasteiger partial charge in [-0.25, -0.2) is 18.4 Å². The standard InChI is InChI=1S/C17H21F2N5O3/c18-17(19)7-13(8-22-3-5-26-6-4-22)24(10-17)16(25)15-2-1-14(27-15)9-23-12-20-11-21-23/h1-2,11-13H,3-10H2/t13-/m0/s1. The number of carbonyl (C=O) groups excluding carboxylic acids is 1. The molecule has 8 nitrogen and oxygen atoms in total.